The summed E-state index contributed by atoms with van der Waals surface area (Å²) in [6.07, 6.45) is 3.45. The third kappa shape index (κ3) is 4.72. The number of imide groups is 1. The first-order valence-electron chi connectivity index (χ1n) is 9.29. The van der Waals surface area contributed by atoms with Gasteiger partial charge in [0.15, 0.2) is 0 Å². The third-order valence-electron chi connectivity index (χ3n) is 4.80. The van der Waals surface area contributed by atoms with Crippen molar-refractivity contribution in [1.82, 2.24) is 9.47 Å². The number of para-hydroxylation sites is 1. The number of benzene rings is 2. The van der Waals surface area contributed by atoms with Crippen molar-refractivity contribution in [3.05, 3.63) is 102 Å². The van der Waals surface area contributed by atoms with Gasteiger partial charge in [0.05, 0.1) is 22.9 Å². The smallest absolute Gasteiger partial charge is 0.293 e. The highest BCUT2D eigenvalue weighted by Gasteiger charge is 2.35. The van der Waals surface area contributed by atoms with Crippen LogP contribution < -0.4 is 0 Å². The fourth-order valence-electron chi connectivity index (χ4n) is 3.25. The number of carbonyl (C=O) groups is 2. The molecule has 1 fully saturated rings. The summed E-state index contributed by atoms with van der Waals surface area (Å²) < 4.78 is 2.89. The van der Waals surface area contributed by atoms with Crippen molar-refractivity contribution >= 4 is 57.3 Å². The summed E-state index contributed by atoms with van der Waals surface area (Å²) in [4.78, 5) is 37.7. The van der Waals surface area contributed by atoms with Gasteiger partial charge in [-0.3, -0.25) is 24.6 Å². The van der Waals surface area contributed by atoms with Crippen LogP contribution in [-0.4, -0.2) is 25.5 Å². The molecule has 2 aromatic carbocycles. The molecule has 7 nitrogen and oxygen atoms in total. The topological polar surface area (TPSA) is 85.5 Å². The number of amides is 2. The third-order valence-corrected chi connectivity index (χ3v) is 6.43. The molecule has 1 aliphatic heterocycles. The fraction of sp³-hybridized carbons (Fsp3) is 0.0909. The normalized spacial score (nSPS) is 15.1. The molecule has 0 unspecified atom stereocenters. The minimum atomic E-state index is -0.408. The predicted octanol–water partition coefficient (Wildman–Crippen LogP) is 5.29. The van der Waals surface area contributed by atoms with Gasteiger partial charge in [-0.25, -0.2) is 0 Å². The number of rotatable bonds is 6. The monoisotopic (exact) mass is 545 g/mol. The molecular weight excluding hydrogens is 529 g/mol. The van der Waals surface area contributed by atoms with E-state index in [9.17, 15) is 19.7 Å². The highest BCUT2D eigenvalue weighted by molar-refractivity contribution is 14.1. The van der Waals surface area contributed by atoms with E-state index in [0.29, 0.717) is 16.2 Å². The Kier molecular flexibility index (Phi) is 6.23. The van der Waals surface area contributed by atoms with Crippen LogP contribution in [0, 0.1) is 13.7 Å². The second kappa shape index (κ2) is 9.06. The van der Waals surface area contributed by atoms with Gasteiger partial charge in [-0.2, -0.15) is 0 Å². The maximum absolute atomic E-state index is 12.8. The summed E-state index contributed by atoms with van der Waals surface area (Å²) in [5, 5.41) is 11.0. The summed E-state index contributed by atoms with van der Waals surface area (Å²) in [5.41, 5.74) is 2.17. The van der Waals surface area contributed by atoms with Crippen LogP contribution in [0.2, 0.25) is 0 Å². The van der Waals surface area contributed by atoms with E-state index in [4.69, 9.17) is 0 Å². The van der Waals surface area contributed by atoms with Gasteiger partial charge in [-0.1, -0.05) is 30.3 Å². The first kappa shape index (κ1) is 21.3. The van der Waals surface area contributed by atoms with Crippen LogP contribution in [0.15, 0.2) is 71.8 Å². The summed E-state index contributed by atoms with van der Waals surface area (Å²) in [5.74, 6) is -0.341. The van der Waals surface area contributed by atoms with Crippen LogP contribution in [0.1, 0.15) is 16.8 Å². The van der Waals surface area contributed by atoms with Crippen molar-refractivity contribution in [2.45, 2.75) is 13.1 Å². The Hall–Kier alpha value is -2.92. The number of carbonyl (C=O) groups excluding carboxylic acids is 2. The van der Waals surface area contributed by atoms with Gasteiger partial charge in [0.1, 0.15) is 0 Å². The Balaban J connectivity index is 1.56. The molecule has 156 valence electrons. The lowest BCUT2D eigenvalue weighted by Crippen LogP contribution is -2.27. The van der Waals surface area contributed by atoms with E-state index >= 15 is 0 Å². The van der Waals surface area contributed by atoms with E-state index in [1.165, 1.54) is 11.0 Å². The Morgan fingerprint density at radius 3 is 2.48 bits per heavy atom. The Labute approximate surface area is 196 Å². The zero-order valence-electron chi connectivity index (χ0n) is 16.1. The second-order valence-electron chi connectivity index (χ2n) is 6.84. The van der Waals surface area contributed by atoms with Gasteiger partial charge in [0.2, 0.25) is 0 Å². The summed E-state index contributed by atoms with van der Waals surface area (Å²) in [7, 11) is 0. The lowest BCUT2D eigenvalue weighted by molar-refractivity contribution is -0.385. The number of hydrogen-bond acceptors (Lipinski definition) is 5. The lowest BCUT2D eigenvalue weighted by atomic mass is 10.2. The molecule has 0 saturated carbocycles. The number of halogens is 1. The predicted molar refractivity (Wildman–Crippen MR) is 127 cm³/mol. The summed E-state index contributed by atoms with van der Waals surface area (Å²) in [6, 6.07) is 17.8. The molecule has 1 aromatic heterocycles. The molecule has 0 aliphatic carbocycles. The number of thioether (sulfide) groups is 1. The quantitative estimate of drug-likeness (QED) is 0.182. The zero-order valence-corrected chi connectivity index (χ0v) is 19.1. The van der Waals surface area contributed by atoms with Gasteiger partial charge < -0.3 is 4.57 Å². The average molecular weight is 545 g/mol. The molecule has 1 aliphatic rings. The van der Waals surface area contributed by atoms with Crippen molar-refractivity contribution in [3.8, 4) is 0 Å². The molecule has 0 N–H and O–H groups in total. The lowest BCUT2D eigenvalue weighted by Gasteiger charge is -2.12. The zero-order chi connectivity index (χ0) is 22.0. The molecule has 4 rings (SSSR count). The highest BCUT2D eigenvalue weighted by atomic mass is 127. The van der Waals surface area contributed by atoms with Crippen LogP contribution in [0.4, 0.5) is 10.5 Å². The van der Waals surface area contributed by atoms with E-state index in [0.717, 1.165) is 20.9 Å². The molecule has 31 heavy (non-hydrogen) atoms. The van der Waals surface area contributed by atoms with E-state index in [1.807, 2.05) is 34.9 Å². The molecule has 3 aromatic rings. The van der Waals surface area contributed by atoms with Crippen molar-refractivity contribution in [2.24, 2.45) is 0 Å². The number of nitro groups is 1. The van der Waals surface area contributed by atoms with Crippen LogP contribution in [0.3, 0.4) is 0 Å². The van der Waals surface area contributed by atoms with E-state index in [-0.39, 0.29) is 29.9 Å². The minimum absolute atomic E-state index is 0.0417. The van der Waals surface area contributed by atoms with Gasteiger partial charge >= 0.3 is 0 Å². The molecule has 0 bridgehead atoms. The SMILES string of the molecule is O=C1S/C(=C/c2cccn2Cc2ccccc2[N+](=O)[O-])C(=O)N1Cc1ccc(I)cc1. The van der Waals surface area contributed by atoms with Gasteiger partial charge in [-0.15, -0.1) is 0 Å². The molecule has 2 amide bonds. The molecule has 9 heteroatoms. The van der Waals surface area contributed by atoms with Crippen LogP contribution in [0.25, 0.3) is 6.08 Å². The maximum atomic E-state index is 12.8. The largest absolute Gasteiger partial charge is 0.343 e. The molecule has 0 radical (unpaired) electrons. The van der Waals surface area contributed by atoms with E-state index < -0.39 is 4.92 Å². The fourth-order valence-corrected chi connectivity index (χ4v) is 4.43. The van der Waals surface area contributed by atoms with Crippen molar-refractivity contribution in [3.63, 3.8) is 0 Å². The van der Waals surface area contributed by atoms with Crippen molar-refractivity contribution in [1.29, 1.82) is 0 Å². The van der Waals surface area contributed by atoms with Crippen molar-refractivity contribution in [2.75, 3.05) is 0 Å². The number of nitro benzene ring substituents is 1. The summed E-state index contributed by atoms with van der Waals surface area (Å²) in [6.45, 7) is 0.499. The standard InChI is InChI=1S/C22H16IN3O4S/c23-17-9-7-15(8-10-17)13-25-21(27)20(31-22(25)28)12-18-5-3-11-24(18)14-16-4-1-2-6-19(16)26(29)30/h1-12H,13-14H2/b20-12+. The summed E-state index contributed by atoms with van der Waals surface area (Å²) >= 11 is 3.10. The molecular formula is C22H16IN3O4S. The first-order valence-corrected chi connectivity index (χ1v) is 11.2. The molecule has 2 heterocycles. The Morgan fingerprint density at radius 2 is 1.74 bits per heavy atom. The molecule has 0 spiro atoms. The second-order valence-corrected chi connectivity index (χ2v) is 9.08. The van der Waals surface area contributed by atoms with Crippen LogP contribution >= 0.6 is 34.4 Å². The Bertz CT molecular complexity index is 1200. The van der Waals surface area contributed by atoms with E-state index in [2.05, 4.69) is 22.6 Å². The van der Waals surface area contributed by atoms with E-state index in [1.54, 1.807) is 36.5 Å². The van der Waals surface area contributed by atoms with Crippen LogP contribution in [-0.2, 0) is 17.9 Å². The van der Waals surface area contributed by atoms with Crippen molar-refractivity contribution < 1.29 is 14.5 Å². The average Bonchev–Trinajstić information content (AvgIpc) is 3.29. The van der Waals surface area contributed by atoms with Crippen LogP contribution in [0.5, 0.6) is 0 Å². The van der Waals surface area contributed by atoms with Gasteiger partial charge in [-0.05, 0) is 70.3 Å². The molecule has 0 atom stereocenters. The number of aromatic nitrogens is 1. The number of nitrogens with zero attached hydrogens (tertiary/aromatic N) is 3. The highest BCUT2D eigenvalue weighted by Crippen LogP contribution is 2.33. The van der Waals surface area contributed by atoms with Gasteiger partial charge in [0.25, 0.3) is 16.8 Å². The molecule has 1 saturated heterocycles. The Morgan fingerprint density at radius 1 is 1.00 bits per heavy atom. The minimum Gasteiger partial charge on any atom is -0.343 e. The first-order chi connectivity index (χ1) is 14.9. The number of hydrogen-bond donors (Lipinski definition) is 0. The maximum Gasteiger partial charge on any atom is 0.293 e. The van der Waals surface area contributed by atoms with Gasteiger partial charge in [0, 0.05) is 27.1 Å².